The molecule has 1 heterocycles. The van der Waals surface area contributed by atoms with E-state index < -0.39 is 0 Å². The molecule has 0 aliphatic rings. The van der Waals surface area contributed by atoms with Crippen LogP contribution in [0.15, 0.2) is 24.4 Å². The Hall–Kier alpha value is -1.48. The standard InChI is InChI=1S/C14H20N2O/c1-3-17-12-6-7-14-13(9-12)11(5-4-8-15)10-16(14)2/h6-7,9-10H,3-5,8,15H2,1-2H3. The van der Waals surface area contributed by atoms with Crippen molar-refractivity contribution in [2.24, 2.45) is 12.8 Å². The average molecular weight is 232 g/mol. The van der Waals surface area contributed by atoms with Gasteiger partial charge in [0, 0.05) is 24.1 Å². The Balaban J connectivity index is 2.41. The minimum atomic E-state index is 0.705. The molecule has 0 radical (unpaired) electrons. The summed E-state index contributed by atoms with van der Waals surface area (Å²) in [6.45, 7) is 3.45. The van der Waals surface area contributed by atoms with Crippen molar-refractivity contribution in [3.8, 4) is 5.75 Å². The van der Waals surface area contributed by atoms with Crippen LogP contribution in [-0.2, 0) is 13.5 Å². The zero-order chi connectivity index (χ0) is 12.3. The van der Waals surface area contributed by atoms with Gasteiger partial charge >= 0.3 is 0 Å². The molecule has 0 saturated heterocycles. The molecule has 0 spiro atoms. The van der Waals surface area contributed by atoms with Crippen LogP contribution >= 0.6 is 0 Å². The number of hydrogen-bond acceptors (Lipinski definition) is 2. The van der Waals surface area contributed by atoms with E-state index in [4.69, 9.17) is 10.5 Å². The van der Waals surface area contributed by atoms with E-state index in [9.17, 15) is 0 Å². The van der Waals surface area contributed by atoms with Crippen LogP contribution in [0, 0.1) is 0 Å². The maximum Gasteiger partial charge on any atom is 0.120 e. The molecule has 3 heteroatoms. The fraction of sp³-hybridized carbons (Fsp3) is 0.429. The smallest absolute Gasteiger partial charge is 0.120 e. The topological polar surface area (TPSA) is 40.2 Å². The number of rotatable bonds is 5. The summed E-state index contributed by atoms with van der Waals surface area (Å²) in [5.74, 6) is 0.945. The molecule has 2 rings (SSSR count). The largest absolute Gasteiger partial charge is 0.494 e. The van der Waals surface area contributed by atoms with E-state index >= 15 is 0 Å². The first-order chi connectivity index (χ1) is 8.26. The highest BCUT2D eigenvalue weighted by Crippen LogP contribution is 2.26. The maximum absolute atomic E-state index is 5.57. The highest BCUT2D eigenvalue weighted by Gasteiger charge is 2.07. The predicted octanol–water partition coefficient (Wildman–Crippen LogP) is 2.47. The van der Waals surface area contributed by atoms with Crippen LogP contribution in [0.25, 0.3) is 10.9 Å². The van der Waals surface area contributed by atoms with Crippen LogP contribution in [0.4, 0.5) is 0 Å². The monoisotopic (exact) mass is 232 g/mol. The highest BCUT2D eigenvalue weighted by atomic mass is 16.5. The molecule has 0 aliphatic carbocycles. The lowest BCUT2D eigenvalue weighted by Gasteiger charge is -2.04. The Kier molecular flexibility index (Phi) is 3.69. The summed E-state index contributed by atoms with van der Waals surface area (Å²) in [5.41, 5.74) is 8.18. The first-order valence-corrected chi connectivity index (χ1v) is 6.17. The Labute approximate surface area is 102 Å². The first-order valence-electron chi connectivity index (χ1n) is 6.17. The number of aryl methyl sites for hydroxylation is 2. The van der Waals surface area contributed by atoms with Gasteiger partial charge in [0.05, 0.1) is 6.61 Å². The molecule has 0 atom stereocenters. The van der Waals surface area contributed by atoms with E-state index in [0.717, 1.165) is 25.1 Å². The van der Waals surface area contributed by atoms with E-state index in [1.807, 2.05) is 13.0 Å². The van der Waals surface area contributed by atoms with Gasteiger partial charge in [0.25, 0.3) is 0 Å². The predicted molar refractivity (Wildman–Crippen MR) is 71.5 cm³/mol. The fourth-order valence-electron chi connectivity index (χ4n) is 2.20. The van der Waals surface area contributed by atoms with Gasteiger partial charge in [0.15, 0.2) is 0 Å². The van der Waals surface area contributed by atoms with Gasteiger partial charge < -0.3 is 15.0 Å². The summed E-state index contributed by atoms with van der Waals surface area (Å²) < 4.78 is 7.71. The molecule has 0 saturated carbocycles. The third-order valence-electron chi connectivity index (χ3n) is 3.00. The van der Waals surface area contributed by atoms with Gasteiger partial charge in [0.2, 0.25) is 0 Å². The van der Waals surface area contributed by atoms with Gasteiger partial charge in [-0.25, -0.2) is 0 Å². The van der Waals surface area contributed by atoms with Crippen molar-refractivity contribution in [2.75, 3.05) is 13.2 Å². The fourth-order valence-corrected chi connectivity index (χ4v) is 2.20. The van der Waals surface area contributed by atoms with E-state index in [1.165, 1.54) is 16.5 Å². The number of hydrogen-bond donors (Lipinski definition) is 1. The Morgan fingerprint density at radius 3 is 2.88 bits per heavy atom. The second-order valence-electron chi connectivity index (χ2n) is 4.27. The summed E-state index contributed by atoms with van der Waals surface area (Å²) in [4.78, 5) is 0. The second kappa shape index (κ2) is 5.23. The molecule has 0 bridgehead atoms. The highest BCUT2D eigenvalue weighted by molar-refractivity contribution is 5.85. The van der Waals surface area contributed by atoms with E-state index in [-0.39, 0.29) is 0 Å². The third kappa shape index (κ3) is 2.44. The SMILES string of the molecule is CCOc1ccc2c(c1)c(CCCN)cn2C. The summed E-state index contributed by atoms with van der Waals surface area (Å²) in [6.07, 6.45) is 4.25. The zero-order valence-corrected chi connectivity index (χ0v) is 10.6. The number of aromatic nitrogens is 1. The lowest BCUT2D eigenvalue weighted by atomic mass is 10.1. The van der Waals surface area contributed by atoms with Gasteiger partial charge in [-0.05, 0) is 50.1 Å². The number of nitrogens with two attached hydrogens (primary N) is 1. The van der Waals surface area contributed by atoms with Crippen molar-refractivity contribution in [3.05, 3.63) is 30.0 Å². The first kappa shape index (κ1) is 12.0. The molecule has 0 unspecified atom stereocenters. The Morgan fingerprint density at radius 1 is 1.35 bits per heavy atom. The van der Waals surface area contributed by atoms with Gasteiger partial charge in [-0.2, -0.15) is 0 Å². The summed E-state index contributed by atoms with van der Waals surface area (Å²) >= 11 is 0. The van der Waals surface area contributed by atoms with E-state index in [0.29, 0.717) is 6.61 Å². The van der Waals surface area contributed by atoms with Crippen molar-refractivity contribution in [3.63, 3.8) is 0 Å². The van der Waals surface area contributed by atoms with E-state index in [2.05, 4.69) is 29.9 Å². The van der Waals surface area contributed by atoms with Crippen LogP contribution in [-0.4, -0.2) is 17.7 Å². The lowest BCUT2D eigenvalue weighted by molar-refractivity contribution is 0.340. The molecule has 0 fully saturated rings. The minimum absolute atomic E-state index is 0.705. The molecule has 0 amide bonds. The van der Waals surface area contributed by atoms with Crippen LogP contribution in [0.5, 0.6) is 5.75 Å². The average Bonchev–Trinajstić information content (AvgIpc) is 2.64. The number of ether oxygens (including phenoxy) is 1. The van der Waals surface area contributed by atoms with Crippen molar-refractivity contribution >= 4 is 10.9 Å². The van der Waals surface area contributed by atoms with Gasteiger partial charge in [-0.3, -0.25) is 0 Å². The van der Waals surface area contributed by atoms with Crippen molar-refractivity contribution in [2.45, 2.75) is 19.8 Å². The van der Waals surface area contributed by atoms with Crippen molar-refractivity contribution < 1.29 is 4.74 Å². The molecule has 17 heavy (non-hydrogen) atoms. The molecule has 92 valence electrons. The molecule has 1 aromatic heterocycles. The minimum Gasteiger partial charge on any atom is -0.494 e. The second-order valence-corrected chi connectivity index (χ2v) is 4.27. The quantitative estimate of drug-likeness (QED) is 0.860. The van der Waals surface area contributed by atoms with Crippen LogP contribution < -0.4 is 10.5 Å². The van der Waals surface area contributed by atoms with E-state index in [1.54, 1.807) is 0 Å². The molecule has 1 aromatic carbocycles. The molecule has 3 nitrogen and oxygen atoms in total. The Morgan fingerprint density at radius 2 is 2.18 bits per heavy atom. The summed E-state index contributed by atoms with van der Waals surface area (Å²) in [5, 5.41) is 1.28. The number of benzene rings is 1. The lowest BCUT2D eigenvalue weighted by Crippen LogP contribution is -1.99. The zero-order valence-electron chi connectivity index (χ0n) is 10.6. The van der Waals surface area contributed by atoms with Crippen LogP contribution in [0.1, 0.15) is 18.9 Å². The summed E-state index contributed by atoms with van der Waals surface area (Å²) in [7, 11) is 2.08. The van der Waals surface area contributed by atoms with Crippen LogP contribution in [0.2, 0.25) is 0 Å². The third-order valence-corrected chi connectivity index (χ3v) is 3.00. The summed E-state index contributed by atoms with van der Waals surface area (Å²) in [6, 6.07) is 6.27. The van der Waals surface area contributed by atoms with Gasteiger partial charge in [0.1, 0.15) is 5.75 Å². The number of fused-ring (bicyclic) bond motifs is 1. The van der Waals surface area contributed by atoms with Crippen molar-refractivity contribution in [1.82, 2.24) is 4.57 Å². The van der Waals surface area contributed by atoms with Gasteiger partial charge in [-0.15, -0.1) is 0 Å². The normalized spacial score (nSPS) is 11.0. The molecular formula is C14H20N2O. The molecular weight excluding hydrogens is 212 g/mol. The molecule has 2 N–H and O–H groups in total. The maximum atomic E-state index is 5.57. The van der Waals surface area contributed by atoms with Crippen molar-refractivity contribution in [1.29, 1.82) is 0 Å². The van der Waals surface area contributed by atoms with Gasteiger partial charge in [-0.1, -0.05) is 0 Å². The number of nitrogens with zero attached hydrogens (tertiary/aromatic N) is 1. The Bertz CT molecular complexity index is 502. The van der Waals surface area contributed by atoms with Crippen LogP contribution in [0.3, 0.4) is 0 Å². The molecule has 0 aliphatic heterocycles. The molecule has 2 aromatic rings.